The number of sulfonamides is 1. The van der Waals surface area contributed by atoms with Gasteiger partial charge >= 0.3 is 0 Å². The molecule has 0 aliphatic heterocycles. The predicted octanol–water partition coefficient (Wildman–Crippen LogP) is 2.24. The standard InChI is InChI=1S/C11H13ClN2O2S2/c1-8(7-17-2)14-18(15,16)10-4-3-9(6-13)11(12)5-10/h3-5,8,14H,7H2,1-2H3. The highest BCUT2D eigenvalue weighted by molar-refractivity contribution is 7.98. The first-order valence-corrected chi connectivity index (χ1v) is 8.37. The van der Waals surface area contributed by atoms with E-state index in [0.717, 1.165) is 0 Å². The van der Waals surface area contributed by atoms with Gasteiger partial charge in [-0.3, -0.25) is 0 Å². The highest BCUT2D eigenvalue weighted by atomic mass is 35.5. The summed E-state index contributed by atoms with van der Waals surface area (Å²) < 4.78 is 26.6. The Morgan fingerprint density at radius 1 is 1.56 bits per heavy atom. The SMILES string of the molecule is CSCC(C)NS(=O)(=O)c1ccc(C#N)c(Cl)c1. The fourth-order valence-corrected chi connectivity index (χ4v) is 3.62. The van der Waals surface area contributed by atoms with Crippen molar-refractivity contribution in [1.29, 1.82) is 5.26 Å². The minimum atomic E-state index is -3.59. The van der Waals surface area contributed by atoms with Gasteiger partial charge < -0.3 is 0 Å². The molecule has 0 aromatic heterocycles. The lowest BCUT2D eigenvalue weighted by molar-refractivity contribution is 0.571. The second kappa shape index (κ2) is 6.43. The predicted molar refractivity (Wildman–Crippen MR) is 74.3 cm³/mol. The van der Waals surface area contributed by atoms with E-state index in [0.29, 0.717) is 5.75 Å². The molecule has 1 N–H and O–H groups in total. The molecule has 1 unspecified atom stereocenters. The second-order valence-electron chi connectivity index (χ2n) is 3.73. The van der Waals surface area contributed by atoms with Crippen LogP contribution in [-0.2, 0) is 10.0 Å². The van der Waals surface area contributed by atoms with Crippen LogP contribution in [0.25, 0.3) is 0 Å². The van der Waals surface area contributed by atoms with E-state index in [1.54, 1.807) is 18.7 Å². The molecule has 0 spiro atoms. The lowest BCUT2D eigenvalue weighted by Gasteiger charge is -2.13. The van der Waals surface area contributed by atoms with Gasteiger partial charge in [0.05, 0.1) is 15.5 Å². The van der Waals surface area contributed by atoms with E-state index in [4.69, 9.17) is 16.9 Å². The molecule has 0 saturated heterocycles. The third-order valence-corrected chi connectivity index (χ3v) is 4.88. The third kappa shape index (κ3) is 3.89. The average molecular weight is 305 g/mol. The van der Waals surface area contributed by atoms with E-state index in [1.807, 2.05) is 12.3 Å². The topological polar surface area (TPSA) is 70.0 Å². The van der Waals surface area contributed by atoms with Crippen molar-refractivity contribution in [3.8, 4) is 6.07 Å². The maximum absolute atomic E-state index is 12.0. The molecule has 7 heteroatoms. The van der Waals surface area contributed by atoms with Crippen LogP contribution in [0.5, 0.6) is 0 Å². The molecule has 1 aromatic rings. The van der Waals surface area contributed by atoms with Crippen molar-refractivity contribution in [2.75, 3.05) is 12.0 Å². The Labute approximate surface area is 116 Å². The van der Waals surface area contributed by atoms with Crippen LogP contribution in [-0.4, -0.2) is 26.5 Å². The molecule has 1 aromatic carbocycles. The van der Waals surface area contributed by atoms with Crippen molar-refractivity contribution in [2.45, 2.75) is 17.9 Å². The summed E-state index contributed by atoms with van der Waals surface area (Å²) in [6.07, 6.45) is 1.91. The summed E-state index contributed by atoms with van der Waals surface area (Å²) in [6, 6.07) is 5.78. The molecule has 0 saturated carbocycles. The van der Waals surface area contributed by atoms with Crippen LogP contribution in [0.3, 0.4) is 0 Å². The van der Waals surface area contributed by atoms with Crippen molar-refractivity contribution < 1.29 is 8.42 Å². The number of hydrogen-bond donors (Lipinski definition) is 1. The van der Waals surface area contributed by atoms with Gasteiger partial charge in [-0.15, -0.1) is 0 Å². The number of halogens is 1. The van der Waals surface area contributed by atoms with Gasteiger partial charge in [0.15, 0.2) is 0 Å². The number of rotatable bonds is 5. The smallest absolute Gasteiger partial charge is 0.208 e. The minimum absolute atomic E-state index is 0.0689. The molecule has 1 rings (SSSR count). The maximum atomic E-state index is 12.0. The molecular weight excluding hydrogens is 292 g/mol. The molecule has 18 heavy (non-hydrogen) atoms. The van der Waals surface area contributed by atoms with Crippen molar-refractivity contribution >= 4 is 33.4 Å². The molecule has 0 amide bonds. The first kappa shape index (κ1) is 15.3. The Morgan fingerprint density at radius 3 is 2.72 bits per heavy atom. The van der Waals surface area contributed by atoms with Gasteiger partial charge in [0, 0.05) is 11.8 Å². The minimum Gasteiger partial charge on any atom is -0.208 e. The van der Waals surface area contributed by atoms with Gasteiger partial charge in [-0.2, -0.15) is 17.0 Å². The Bertz CT molecular complexity index is 567. The fourth-order valence-electron chi connectivity index (χ4n) is 1.37. The molecular formula is C11H13ClN2O2S2. The summed E-state index contributed by atoms with van der Waals surface area (Å²) in [5.41, 5.74) is 0.257. The average Bonchev–Trinajstić information content (AvgIpc) is 2.28. The lowest BCUT2D eigenvalue weighted by atomic mass is 10.2. The summed E-state index contributed by atoms with van der Waals surface area (Å²) in [7, 11) is -3.59. The number of benzene rings is 1. The lowest BCUT2D eigenvalue weighted by Crippen LogP contribution is -2.34. The van der Waals surface area contributed by atoms with Crippen LogP contribution >= 0.6 is 23.4 Å². The summed E-state index contributed by atoms with van der Waals surface area (Å²) >= 11 is 7.37. The zero-order valence-electron chi connectivity index (χ0n) is 9.97. The Morgan fingerprint density at radius 2 is 2.22 bits per heavy atom. The third-order valence-electron chi connectivity index (χ3n) is 2.14. The van der Waals surface area contributed by atoms with Crippen LogP contribution in [0.4, 0.5) is 0 Å². The van der Waals surface area contributed by atoms with Gasteiger partial charge in [0.1, 0.15) is 6.07 Å². The largest absolute Gasteiger partial charge is 0.240 e. The number of thioether (sulfide) groups is 1. The van der Waals surface area contributed by atoms with Crippen molar-refractivity contribution in [3.05, 3.63) is 28.8 Å². The van der Waals surface area contributed by atoms with Crippen molar-refractivity contribution in [3.63, 3.8) is 0 Å². The van der Waals surface area contributed by atoms with Crippen LogP contribution in [0.15, 0.2) is 23.1 Å². The monoisotopic (exact) mass is 304 g/mol. The molecule has 0 radical (unpaired) electrons. The summed E-state index contributed by atoms with van der Waals surface area (Å²) in [4.78, 5) is 0.0689. The van der Waals surface area contributed by atoms with Gasteiger partial charge in [0.25, 0.3) is 0 Å². The maximum Gasteiger partial charge on any atom is 0.240 e. The molecule has 0 aliphatic carbocycles. The molecule has 4 nitrogen and oxygen atoms in total. The molecule has 0 heterocycles. The van der Waals surface area contributed by atoms with Gasteiger partial charge in [-0.25, -0.2) is 13.1 Å². The van der Waals surface area contributed by atoms with Crippen molar-refractivity contribution in [2.24, 2.45) is 0 Å². The fraction of sp³-hybridized carbons (Fsp3) is 0.364. The highest BCUT2D eigenvalue weighted by Crippen LogP contribution is 2.20. The number of nitriles is 1. The number of hydrogen-bond acceptors (Lipinski definition) is 4. The van der Waals surface area contributed by atoms with Gasteiger partial charge in [0.2, 0.25) is 10.0 Å². The van der Waals surface area contributed by atoms with Crippen molar-refractivity contribution in [1.82, 2.24) is 4.72 Å². The normalized spacial score (nSPS) is 13.0. The molecule has 0 aliphatic rings. The molecule has 0 bridgehead atoms. The van der Waals surface area contributed by atoms with E-state index in [2.05, 4.69) is 4.72 Å². The van der Waals surface area contributed by atoms with E-state index in [9.17, 15) is 8.42 Å². The zero-order chi connectivity index (χ0) is 13.8. The van der Waals surface area contributed by atoms with Crippen LogP contribution < -0.4 is 4.72 Å². The Hall–Kier alpha value is -0.740. The highest BCUT2D eigenvalue weighted by Gasteiger charge is 2.18. The number of nitrogens with zero attached hydrogens (tertiary/aromatic N) is 1. The molecule has 0 fully saturated rings. The van der Waals surface area contributed by atoms with E-state index in [-0.39, 0.29) is 21.5 Å². The molecule has 1 atom stereocenters. The van der Waals surface area contributed by atoms with E-state index >= 15 is 0 Å². The first-order valence-electron chi connectivity index (χ1n) is 5.11. The van der Waals surface area contributed by atoms with Crippen LogP contribution in [0.2, 0.25) is 5.02 Å². The quantitative estimate of drug-likeness (QED) is 0.905. The number of nitrogens with one attached hydrogen (secondary N) is 1. The summed E-state index contributed by atoms with van der Waals surface area (Å²) in [5, 5.41) is 8.86. The Balaban J connectivity index is 2.99. The second-order valence-corrected chi connectivity index (χ2v) is 6.76. The van der Waals surface area contributed by atoms with Crippen LogP contribution in [0, 0.1) is 11.3 Å². The van der Waals surface area contributed by atoms with E-state index in [1.165, 1.54) is 18.2 Å². The van der Waals surface area contributed by atoms with E-state index < -0.39 is 10.0 Å². The van der Waals surface area contributed by atoms with Gasteiger partial charge in [-0.05, 0) is 31.4 Å². The van der Waals surface area contributed by atoms with Crippen LogP contribution in [0.1, 0.15) is 12.5 Å². The first-order chi connectivity index (χ1) is 8.40. The summed E-state index contributed by atoms with van der Waals surface area (Å²) in [6.45, 7) is 1.79. The zero-order valence-corrected chi connectivity index (χ0v) is 12.4. The molecule has 98 valence electrons. The van der Waals surface area contributed by atoms with Gasteiger partial charge in [-0.1, -0.05) is 11.6 Å². The summed E-state index contributed by atoms with van der Waals surface area (Å²) in [5.74, 6) is 0.684. The Kier molecular flexibility index (Phi) is 5.47.